The van der Waals surface area contributed by atoms with Crippen LogP contribution in [0.4, 0.5) is 4.79 Å². The van der Waals surface area contributed by atoms with E-state index in [-0.39, 0.29) is 12.6 Å². The van der Waals surface area contributed by atoms with E-state index in [4.69, 9.17) is 5.11 Å². The summed E-state index contributed by atoms with van der Waals surface area (Å²) in [4.78, 5) is 26.6. The summed E-state index contributed by atoms with van der Waals surface area (Å²) in [5, 5.41) is 17.0. The van der Waals surface area contributed by atoms with Crippen LogP contribution >= 0.6 is 11.3 Å². The van der Waals surface area contributed by atoms with E-state index in [0.29, 0.717) is 19.4 Å². The van der Waals surface area contributed by atoms with Crippen LogP contribution in [-0.2, 0) is 11.3 Å². The van der Waals surface area contributed by atoms with Gasteiger partial charge in [0, 0.05) is 18.1 Å². The van der Waals surface area contributed by atoms with Gasteiger partial charge in [0.25, 0.3) is 0 Å². The molecule has 98 valence electrons. The summed E-state index contributed by atoms with van der Waals surface area (Å²) >= 11 is 1.46. The fraction of sp³-hybridized carbons (Fsp3) is 0.545. The smallest absolute Gasteiger partial charge is 0.315 e. The van der Waals surface area contributed by atoms with Crippen molar-refractivity contribution < 1.29 is 14.7 Å². The number of rotatable bonds is 5. The van der Waals surface area contributed by atoms with E-state index < -0.39 is 11.4 Å². The van der Waals surface area contributed by atoms with Gasteiger partial charge >= 0.3 is 12.0 Å². The zero-order chi connectivity index (χ0) is 13.0. The molecule has 0 unspecified atom stereocenters. The first kappa shape index (κ1) is 12.8. The van der Waals surface area contributed by atoms with Crippen LogP contribution in [0, 0.1) is 5.41 Å². The van der Waals surface area contributed by atoms with Gasteiger partial charge in [0.15, 0.2) is 0 Å². The quantitative estimate of drug-likeness (QED) is 0.749. The number of carbonyl (C=O) groups excluding carboxylic acids is 1. The van der Waals surface area contributed by atoms with Gasteiger partial charge in [-0.25, -0.2) is 9.78 Å². The third-order valence-electron chi connectivity index (χ3n) is 3.24. The largest absolute Gasteiger partial charge is 0.481 e. The normalized spacial score (nSPS) is 16.7. The van der Waals surface area contributed by atoms with Crippen LogP contribution in [0.1, 0.15) is 24.3 Å². The lowest BCUT2D eigenvalue weighted by Crippen LogP contribution is -2.49. The van der Waals surface area contributed by atoms with E-state index in [2.05, 4.69) is 15.6 Å². The lowest BCUT2D eigenvalue weighted by Gasteiger charge is -2.37. The number of hydrogen-bond donors (Lipinski definition) is 3. The minimum atomic E-state index is -0.825. The maximum absolute atomic E-state index is 11.5. The number of aromatic nitrogens is 1. The molecule has 0 spiro atoms. The molecule has 0 radical (unpaired) electrons. The Morgan fingerprint density at radius 1 is 1.44 bits per heavy atom. The second-order valence-electron chi connectivity index (χ2n) is 4.40. The van der Waals surface area contributed by atoms with E-state index in [1.807, 2.05) is 5.38 Å². The molecule has 0 bridgehead atoms. The molecule has 1 aliphatic carbocycles. The van der Waals surface area contributed by atoms with Crippen molar-refractivity contribution in [2.45, 2.75) is 25.8 Å². The van der Waals surface area contributed by atoms with E-state index in [0.717, 1.165) is 11.4 Å². The zero-order valence-corrected chi connectivity index (χ0v) is 10.6. The van der Waals surface area contributed by atoms with Crippen LogP contribution < -0.4 is 10.6 Å². The molecule has 3 N–H and O–H groups in total. The van der Waals surface area contributed by atoms with Gasteiger partial charge < -0.3 is 15.7 Å². The third-order valence-corrected chi connectivity index (χ3v) is 4.01. The maximum atomic E-state index is 11.5. The third kappa shape index (κ3) is 2.79. The molecular formula is C11H15N3O3S. The van der Waals surface area contributed by atoms with Crippen LogP contribution in [0.15, 0.2) is 11.6 Å². The number of carboxylic acids is 1. The Hall–Kier alpha value is -1.63. The zero-order valence-electron chi connectivity index (χ0n) is 9.81. The molecule has 0 saturated heterocycles. The van der Waals surface area contributed by atoms with E-state index in [9.17, 15) is 9.59 Å². The van der Waals surface area contributed by atoms with Crippen molar-refractivity contribution in [2.75, 3.05) is 6.54 Å². The number of aliphatic carboxylic acids is 1. The van der Waals surface area contributed by atoms with Gasteiger partial charge in [-0.1, -0.05) is 6.42 Å². The number of nitrogens with one attached hydrogen (secondary N) is 2. The van der Waals surface area contributed by atoms with Gasteiger partial charge in [-0.3, -0.25) is 4.79 Å². The summed E-state index contributed by atoms with van der Waals surface area (Å²) in [5.74, 6) is -0.825. The highest BCUT2D eigenvalue weighted by molar-refractivity contribution is 7.09. The number of hydrogen-bond acceptors (Lipinski definition) is 4. The van der Waals surface area contributed by atoms with Crippen molar-refractivity contribution in [2.24, 2.45) is 5.41 Å². The Labute approximate surface area is 108 Å². The molecule has 0 aliphatic heterocycles. The highest BCUT2D eigenvalue weighted by atomic mass is 32.1. The van der Waals surface area contributed by atoms with Gasteiger partial charge in [0.2, 0.25) is 0 Å². The van der Waals surface area contributed by atoms with Gasteiger partial charge in [-0.15, -0.1) is 11.3 Å². The molecule has 2 amide bonds. The summed E-state index contributed by atoms with van der Waals surface area (Å²) in [6.07, 6.45) is 3.85. The summed E-state index contributed by atoms with van der Waals surface area (Å²) in [6.45, 7) is 0.551. The summed E-state index contributed by atoms with van der Waals surface area (Å²) < 4.78 is 0. The van der Waals surface area contributed by atoms with E-state index >= 15 is 0 Å². The molecule has 1 aromatic heterocycles. The number of amides is 2. The van der Waals surface area contributed by atoms with Gasteiger partial charge in [0.1, 0.15) is 5.01 Å². The second kappa shape index (κ2) is 5.34. The molecule has 2 rings (SSSR count). The second-order valence-corrected chi connectivity index (χ2v) is 5.38. The fourth-order valence-corrected chi connectivity index (χ4v) is 2.43. The fourth-order valence-electron chi connectivity index (χ4n) is 1.88. The van der Waals surface area contributed by atoms with Gasteiger partial charge in [-0.2, -0.15) is 0 Å². The molecule has 1 aliphatic rings. The summed E-state index contributed by atoms with van der Waals surface area (Å²) in [6, 6.07) is -0.349. The van der Waals surface area contributed by atoms with Gasteiger partial charge in [-0.05, 0) is 12.8 Å². The van der Waals surface area contributed by atoms with Crippen molar-refractivity contribution in [3.63, 3.8) is 0 Å². The molecule has 1 heterocycles. The monoisotopic (exact) mass is 269 g/mol. The highest BCUT2D eigenvalue weighted by Gasteiger charge is 2.44. The van der Waals surface area contributed by atoms with Crippen molar-refractivity contribution in [3.05, 3.63) is 16.6 Å². The van der Waals surface area contributed by atoms with Crippen molar-refractivity contribution in [1.82, 2.24) is 15.6 Å². The minimum Gasteiger partial charge on any atom is -0.481 e. The average Bonchev–Trinajstić information content (AvgIpc) is 2.77. The Kier molecular flexibility index (Phi) is 3.81. The topological polar surface area (TPSA) is 91.3 Å². The number of carboxylic acid groups (broad SMARTS) is 1. The first-order chi connectivity index (χ1) is 8.62. The predicted molar refractivity (Wildman–Crippen MR) is 66.3 cm³/mol. The molecule has 0 aromatic carbocycles. The first-order valence-electron chi connectivity index (χ1n) is 5.76. The lowest BCUT2D eigenvalue weighted by atomic mass is 9.69. The standard InChI is InChI=1S/C11H15N3O3S/c15-9(16)11(2-1-3-11)7-14-10(17)13-6-8-12-4-5-18-8/h4-5H,1-3,6-7H2,(H,15,16)(H2,13,14,17). The molecule has 18 heavy (non-hydrogen) atoms. The molecule has 6 nitrogen and oxygen atoms in total. The first-order valence-corrected chi connectivity index (χ1v) is 6.64. The molecule has 1 fully saturated rings. The molecule has 1 aromatic rings. The van der Waals surface area contributed by atoms with Crippen LogP contribution in [0.2, 0.25) is 0 Å². The molecule has 0 atom stereocenters. The predicted octanol–water partition coefficient (Wildman–Crippen LogP) is 1.20. The number of urea groups is 1. The Morgan fingerprint density at radius 3 is 2.72 bits per heavy atom. The maximum Gasteiger partial charge on any atom is 0.315 e. The van der Waals surface area contributed by atoms with Crippen LogP contribution in [0.25, 0.3) is 0 Å². The Balaban J connectivity index is 1.73. The molecule has 1 saturated carbocycles. The highest BCUT2D eigenvalue weighted by Crippen LogP contribution is 2.40. The van der Waals surface area contributed by atoms with Crippen molar-refractivity contribution in [1.29, 1.82) is 0 Å². The minimum absolute atomic E-state index is 0.187. The average molecular weight is 269 g/mol. The Bertz CT molecular complexity index is 429. The molecular weight excluding hydrogens is 254 g/mol. The summed E-state index contributed by atoms with van der Waals surface area (Å²) in [5.41, 5.74) is -0.751. The number of nitrogens with zero attached hydrogens (tertiary/aromatic N) is 1. The number of carbonyl (C=O) groups is 2. The van der Waals surface area contributed by atoms with Crippen LogP contribution in [0.5, 0.6) is 0 Å². The van der Waals surface area contributed by atoms with Crippen molar-refractivity contribution in [3.8, 4) is 0 Å². The van der Waals surface area contributed by atoms with Crippen LogP contribution in [0.3, 0.4) is 0 Å². The van der Waals surface area contributed by atoms with Crippen LogP contribution in [-0.4, -0.2) is 28.6 Å². The van der Waals surface area contributed by atoms with Gasteiger partial charge in [0.05, 0.1) is 12.0 Å². The van der Waals surface area contributed by atoms with E-state index in [1.165, 1.54) is 11.3 Å². The Morgan fingerprint density at radius 2 is 2.22 bits per heavy atom. The lowest BCUT2D eigenvalue weighted by molar-refractivity contribution is -0.153. The van der Waals surface area contributed by atoms with E-state index in [1.54, 1.807) is 6.20 Å². The van der Waals surface area contributed by atoms with Crippen molar-refractivity contribution >= 4 is 23.3 Å². The summed E-state index contributed by atoms with van der Waals surface area (Å²) in [7, 11) is 0. The SMILES string of the molecule is O=C(NCc1nccs1)NCC1(C(=O)O)CCC1. The number of thiazole rings is 1. The molecule has 7 heteroatoms.